The lowest BCUT2D eigenvalue weighted by molar-refractivity contribution is 0.514. The minimum Gasteiger partial charge on any atom is -0.378 e. The third-order valence-corrected chi connectivity index (χ3v) is 3.27. The van der Waals surface area contributed by atoms with E-state index in [-0.39, 0.29) is 0 Å². The number of benzene rings is 1. The fraction of sp³-hybridized carbons (Fsp3) is 0.176. The highest BCUT2D eigenvalue weighted by Crippen LogP contribution is 2.21. The standard InChI is InChI=1S/C17H19BN2/c1-13(15-5-7-16(18)8-6-15)12-20-10-9-17(19(3)4)11-14(20)2/h5-12H,2H2,1,3-4H3/b13-12+. The fourth-order valence-corrected chi connectivity index (χ4v) is 1.98. The van der Waals surface area contributed by atoms with Gasteiger partial charge in [0.25, 0.3) is 0 Å². The van der Waals surface area contributed by atoms with Crippen LogP contribution in [0.15, 0.2) is 66.8 Å². The molecule has 1 heterocycles. The second-order valence-electron chi connectivity index (χ2n) is 5.11. The molecule has 1 aliphatic heterocycles. The van der Waals surface area contributed by atoms with E-state index in [1.165, 1.54) is 0 Å². The van der Waals surface area contributed by atoms with E-state index in [9.17, 15) is 0 Å². The zero-order valence-corrected chi connectivity index (χ0v) is 12.3. The highest BCUT2D eigenvalue weighted by Gasteiger charge is 2.08. The van der Waals surface area contributed by atoms with E-state index in [1.54, 1.807) is 0 Å². The van der Waals surface area contributed by atoms with Crippen molar-refractivity contribution in [3.05, 3.63) is 72.4 Å². The predicted octanol–water partition coefficient (Wildman–Crippen LogP) is 2.63. The van der Waals surface area contributed by atoms with Gasteiger partial charge in [0.2, 0.25) is 0 Å². The zero-order chi connectivity index (χ0) is 14.7. The molecule has 2 nitrogen and oxygen atoms in total. The van der Waals surface area contributed by atoms with Crippen LogP contribution in [-0.2, 0) is 0 Å². The summed E-state index contributed by atoms with van der Waals surface area (Å²) in [6, 6.07) is 7.88. The Balaban J connectivity index is 2.18. The molecule has 1 aliphatic rings. The van der Waals surface area contributed by atoms with Gasteiger partial charge >= 0.3 is 0 Å². The number of hydrogen-bond acceptors (Lipinski definition) is 2. The van der Waals surface area contributed by atoms with Gasteiger partial charge in [-0.1, -0.05) is 36.3 Å². The molecule has 0 aliphatic carbocycles. The molecule has 0 aromatic heterocycles. The molecule has 20 heavy (non-hydrogen) atoms. The second-order valence-corrected chi connectivity index (χ2v) is 5.11. The van der Waals surface area contributed by atoms with E-state index in [1.807, 2.05) is 49.5 Å². The van der Waals surface area contributed by atoms with Crippen molar-refractivity contribution in [1.82, 2.24) is 9.80 Å². The maximum atomic E-state index is 5.71. The molecule has 2 radical (unpaired) electrons. The molecule has 3 heteroatoms. The minimum atomic E-state index is 0.780. The Kier molecular flexibility index (Phi) is 4.18. The summed E-state index contributed by atoms with van der Waals surface area (Å²) in [5.74, 6) is 0. The first-order chi connectivity index (χ1) is 9.47. The fourth-order valence-electron chi connectivity index (χ4n) is 1.98. The molecule has 0 spiro atoms. The maximum Gasteiger partial charge on any atom is 0.113 e. The number of allylic oxidation sites excluding steroid dienone is 3. The van der Waals surface area contributed by atoms with Gasteiger partial charge in [-0.25, -0.2) is 0 Å². The Morgan fingerprint density at radius 3 is 2.45 bits per heavy atom. The van der Waals surface area contributed by atoms with Crippen LogP contribution >= 0.6 is 0 Å². The van der Waals surface area contributed by atoms with Crippen molar-refractivity contribution in [3.8, 4) is 0 Å². The first-order valence-corrected chi connectivity index (χ1v) is 6.56. The van der Waals surface area contributed by atoms with Gasteiger partial charge in [-0.15, -0.1) is 0 Å². The minimum absolute atomic E-state index is 0.780. The van der Waals surface area contributed by atoms with E-state index in [4.69, 9.17) is 7.85 Å². The summed E-state index contributed by atoms with van der Waals surface area (Å²) in [5.41, 5.74) is 5.19. The van der Waals surface area contributed by atoms with Crippen LogP contribution < -0.4 is 5.46 Å². The highest BCUT2D eigenvalue weighted by atomic mass is 15.1. The summed E-state index contributed by atoms with van der Waals surface area (Å²) in [6.07, 6.45) is 8.24. The molecule has 0 saturated carbocycles. The average Bonchev–Trinajstić information content (AvgIpc) is 2.41. The second kappa shape index (κ2) is 5.87. The van der Waals surface area contributed by atoms with Crippen LogP contribution in [0, 0.1) is 0 Å². The molecule has 0 amide bonds. The lowest BCUT2D eigenvalue weighted by Gasteiger charge is -2.25. The van der Waals surface area contributed by atoms with Gasteiger partial charge in [-0.2, -0.15) is 0 Å². The van der Waals surface area contributed by atoms with Crippen LogP contribution in [0.25, 0.3) is 5.57 Å². The van der Waals surface area contributed by atoms with Crippen LogP contribution in [0.3, 0.4) is 0 Å². The van der Waals surface area contributed by atoms with Gasteiger partial charge in [0.1, 0.15) is 7.85 Å². The monoisotopic (exact) mass is 262 g/mol. The maximum absolute atomic E-state index is 5.71. The molecular formula is C17H19BN2. The molecule has 2 rings (SSSR count). The Bertz CT molecular complexity index is 592. The first-order valence-electron chi connectivity index (χ1n) is 6.56. The Hall–Kier alpha value is -2.16. The van der Waals surface area contributed by atoms with Crippen molar-refractivity contribution >= 4 is 18.9 Å². The summed E-state index contributed by atoms with van der Waals surface area (Å²) < 4.78 is 0. The lowest BCUT2D eigenvalue weighted by Crippen LogP contribution is -2.17. The van der Waals surface area contributed by atoms with Gasteiger partial charge in [0, 0.05) is 37.9 Å². The number of nitrogens with zero attached hydrogens (tertiary/aromatic N) is 2. The van der Waals surface area contributed by atoms with Gasteiger partial charge in [-0.05, 0) is 30.2 Å². The summed E-state index contributed by atoms with van der Waals surface area (Å²) >= 11 is 0. The topological polar surface area (TPSA) is 6.48 Å². The van der Waals surface area contributed by atoms with Crippen LogP contribution in [-0.4, -0.2) is 31.7 Å². The normalized spacial score (nSPS) is 15.3. The van der Waals surface area contributed by atoms with Crippen molar-refractivity contribution in [1.29, 1.82) is 0 Å². The molecule has 1 aromatic rings. The highest BCUT2D eigenvalue weighted by molar-refractivity contribution is 6.32. The van der Waals surface area contributed by atoms with Crippen molar-refractivity contribution in [2.24, 2.45) is 0 Å². The molecule has 0 bridgehead atoms. The van der Waals surface area contributed by atoms with Gasteiger partial charge in [-0.3, -0.25) is 0 Å². The van der Waals surface area contributed by atoms with Crippen LogP contribution in [0.1, 0.15) is 12.5 Å². The molecule has 0 fully saturated rings. The van der Waals surface area contributed by atoms with Crippen molar-refractivity contribution in [2.45, 2.75) is 6.92 Å². The van der Waals surface area contributed by atoms with Crippen molar-refractivity contribution in [3.63, 3.8) is 0 Å². The quantitative estimate of drug-likeness (QED) is 0.773. The Morgan fingerprint density at radius 1 is 1.25 bits per heavy atom. The molecule has 1 aromatic carbocycles. The van der Waals surface area contributed by atoms with E-state index in [2.05, 4.69) is 36.8 Å². The summed E-state index contributed by atoms with van der Waals surface area (Å²) in [6.45, 7) is 6.18. The predicted molar refractivity (Wildman–Crippen MR) is 87.4 cm³/mol. The summed E-state index contributed by atoms with van der Waals surface area (Å²) in [4.78, 5) is 4.09. The third kappa shape index (κ3) is 3.24. The van der Waals surface area contributed by atoms with Crippen LogP contribution in [0.5, 0.6) is 0 Å². The molecule has 0 N–H and O–H groups in total. The van der Waals surface area contributed by atoms with Crippen LogP contribution in [0.2, 0.25) is 0 Å². The first kappa shape index (κ1) is 14.3. The van der Waals surface area contributed by atoms with E-state index in [0.717, 1.165) is 28.0 Å². The average molecular weight is 262 g/mol. The molecule has 0 atom stereocenters. The number of likely N-dealkylation sites (N-methyl/N-ethyl adjacent to an activating group) is 1. The zero-order valence-electron chi connectivity index (χ0n) is 12.3. The van der Waals surface area contributed by atoms with Crippen LogP contribution in [0.4, 0.5) is 0 Å². The molecular weight excluding hydrogens is 243 g/mol. The smallest absolute Gasteiger partial charge is 0.113 e. The lowest BCUT2D eigenvalue weighted by atomic mass is 9.94. The van der Waals surface area contributed by atoms with Gasteiger partial charge in [0.05, 0.1) is 0 Å². The summed E-state index contributed by atoms with van der Waals surface area (Å²) in [7, 11) is 9.75. The largest absolute Gasteiger partial charge is 0.378 e. The number of rotatable bonds is 3. The summed E-state index contributed by atoms with van der Waals surface area (Å²) in [5, 5.41) is 0. The Labute approximate surface area is 122 Å². The van der Waals surface area contributed by atoms with Gasteiger partial charge < -0.3 is 9.80 Å². The Morgan fingerprint density at radius 2 is 1.90 bits per heavy atom. The third-order valence-electron chi connectivity index (χ3n) is 3.27. The molecule has 100 valence electrons. The number of hydrogen-bond donors (Lipinski definition) is 0. The van der Waals surface area contributed by atoms with E-state index >= 15 is 0 Å². The SMILES string of the molecule is [B]c1ccc(/C(C)=C/N2C=CC(N(C)C)=CC2=C)cc1. The molecule has 0 unspecified atom stereocenters. The van der Waals surface area contributed by atoms with Crippen molar-refractivity contribution in [2.75, 3.05) is 14.1 Å². The van der Waals surface area contributed by atoms with Gasteiger partial charge in [0.15, 0.2) is 0 Å². The van der Waals surface area contributed by atoms with E-state index < -0.39 is 0 Å². The van der Waals surface area contributed by atoms with Crippen molar-refractivity contribution < 1.29 is 0 Å². The molecule has 0 saturated heterocycles. The van der Waals surface area contributed by atoms with E-state index in [0.29, 0.717) is 0 Å².